The second kappa shape index (κ2) is 21.3. The summed E-state index contributed by atoms with van der Waals surface area (Å²) >= 11 is 0. The SMILES string of the molecule is C/C(=C\[C@H](C(C)C)N(C)C(=O)CNC=O)C(=O)N1CCC[C@H]1C(=O)N1CCCCCC1.CC(C)C.CC(C)N1CCCCC1. The molecule has 3 saturated heterocycles. The Hall–Kier alpha value is -2.42. The van der Waals surface area contributed by atoms with E-state index in [1.807, 2.05) is 24.8 Å². The summed E-state index contributed by atoms with van der Waals surface area (Å²) in [6, 6.07) is 0.0974. The molecule has 0 radical (unpaired) electrons. The Bertz CT molecular complexity index is 887. The molecule has 1 N–H and O–H groups in total. The Kier molecular flexibility index (Phi) is 19.2. The number of amides is 4. The molecule has 0 unspecified atom stereocenters. The topological polar surface area (TPSA) is 93.3 Å². The first kappa shape index (κ1) is 39.6. The monoisotopic (exact) mass is 620 g/mol. The predicted octanol–water partition coefficient (Wildman–Crippen LogP) is 5.10. The van der Waals surface area contributed by atoms with Crippen LogP contribution in [0.15, 0.2) is 11.6 Å². The molecule has 3 aliphatic rings. The number of carbonyl (C=O) groups is 4. The van der Waals surface area contributed by atoms with Crippen LogP contribution in [0.25, 0.3) is 0 Å². The molecule has 3 fully saturated rings. The summed E-state index contributed by atoms with van der Waals surface area (Å²) < 4.78 is 0. The van der Waals surface area contributed by atoms with Crippen molar-refractivity contribution >= 4 is 24.1 Å². The molecule has 0 aliphatic carbocycles. The van der Waals surface area contributed by atoms with Gasteiger partial charge in [0.25, 0.3) is 0 Å². The highest BCUT2D eigenvalue weighted by molar-refractivity contribution is 5.97. The molecule has 0 aromatic rings. The van der Waals surface area contributed by atoms with Gasteiger partial charge in [0.1, 0.15) is 6.04 Å². The number of hydrogen-bond donors (Lipinski definition) is 1. The van der Waals surface area contributed by atoms with Crippen LogP contribution in [-0.2, 0) is 19.2 Å². The van der Waals surface area contributed by atoms with Crippen molar-refractivity contribution in [2.45, 2.75) is 131 Å². The van der Waals surface area contributed by atoms with E-state index in [1.54, 1.807) is 23.8 Å². The number of carbonyl (C=O) groups excluding carboxylic acids is 4. The van der Waals surface area contributed by atoms with Crippen molar-refractivity contribution in [2.24, 2.45) is 11.8 Å². The Morgan fingerprint density at radius 2 is 1.34 bits per heavy atom. The molecule has 9 heteroatoms. The average molecular weight is 620 g/mol. The van der Waals surface area contributed by atoms with Gasteiger partial charge in [0.2, 0.25) is 24.1 Å². The lowest BCUT2D eigenvalue weighted by molar-refractivity contribution is -0.142. The van der Waals surface area contributed by atoms with Gasteiger partial charge in [-0.3, -0.25) is 19.2 Å². The fourth-order valence-corrected chi connectivity index (χ4v) is 5.93. The molecule has 44 heavy (non-hydrogen) atoms. The van der Waals surface area contributed by atoms with Gasteiger partial charge < -0.3 is 24.9 Å². The maximum absolute atomic E-state index is 13.3. The molecule has 254 valence electrons. The Balaban J connectivity index is 0.000000615. The average Bonchev–Trinajstić information content (AvgIpc) is 3.32. The van der Waals surface area contributed by atoms with E-state index >= 15 is 0 Å². The van der Waals surface area contributed by atoms with Crippen molar-refractivity contribution in [3.05, 3.63) is 11.6 Å². The third kappa shape index (κ3) is 14.1. The van der Waals surface area contributed by atoms with Gasteiger partial charge in [-0.25, -0.2) is 0 Å². The molecule has 3 rings (SSSR count). The van der Waals surface area contributed by atoms with Gasteiger partial charge in [0, 0.05) is 38.3 Å². The van der Waals surface area contributed by atoms with Crippen molar-refractivity contribution in [2.75, 3.05) is 46.3 Å². The standard InChI is InChI=1S/C23H38N4O4.C8H17N.C4H10/c1-17(2)20(25(4)21(29)15-24-16-28)14-18(3)22(30)27-13-9-10-19(27)23(31)26-11-7-5-6-8-12-26;1-8(2)9-6-4-3-5-7-9;1-4(2)3/h14,16-17,19-20H,5-13,15H2,1-4H3,(H,24,28);8H,3-7H2,1-2H3;4H,1-3H3/b18-14+;;/t19-,20+;;/m0../s1. The smallest absolute Gasteiger partial charge is 0.249 e. The zero-order valence-electron chi connectivity index (χ0n) is 29.6. The number of likely N-dealkylation sites (N-methyl/N-ethyl adjacent to an activating group) is 1. The summed E-state index contributed by atoms with van der Waals surface area (Å²) in [5.41, 5.74) is 0.539. The van der Waals surface area contributed by atoms with Crippen LogP contribution in [0, 0.1) is 11.8 Å². The highest BCUT2D eigenvalue weighted by Crippen LogP contribution is 2.24. The van der Waals surface area contributed by atoms with Crippen LogP contribution in [0.1, 0.15) is 113 Å². The summed E-state index contributed by atoms with van der Waals surface area (Å²) in [5.74, 6) is 0.634. The zero-order chi connectivity index (χ0) is 33.2. The van der Waals surface area contributed by atoms with Crippen LogP contribution >= 0.6 is 0 Å². The minimum atomic E-state index is -0.386. The van der Waals surface area contributed by atoms with Crippen LogP contribution in [0.4, 0.5) is 0 Å². The largest absolute Gasteiger partial charge is 0.350 e. The van der Waals surface area contributed by atoms with E-state index in [4.69, 9.17) is 0 Å². The second-order valence-corrected chi connectivity index (χ2v) is 13.9. The van der Waals surface area contributed by atoms with Crippen LogP contribution in [-0.4, -0.2) is 108 Å². The molecule has 0 saturated carbocycles. The van der Waals surface area contributed by atoms with Gasteiger partial charge in [-0.05, 0) is 84.2 Å². The first-order chi connectivity index (χ1) is 20.8. The molecule has 2 atom stereocenters. The summed E-state index contributed by atoms with van der Waals surface area (Å²) in [7, 11) is 1.68. The summed E-state index contributed by atoms with van der Waals surface area (Å²) in [5, 5.41) is 2.39. The molecule has 0 spiro atoms. The van der Waals surface area contributed by atoms with Gasteiger partial charge in [0.15, 0.2) is 0 Å². The maximum atomic E-state index is 13.3. The van der Waals surface area contributed by atoms with Crippen LogP contribution in [0.5, 0.6) is 0 Å². The van der Waals surface area contributed by atoms with Crippen molar-refractivity contribution in [1.29, 1.82) is 0 Å². The molecule has 3 heterocycles. The van der Waals surface area contributed by atoms with Crippen LogP contribution in [0.2, 0.25) is 0 Å². The number of likely N-dealkylation sites (tertiary alicyclic amines) is 3. The quantitative estimate of drug-likeness (QED) is 0.287. The maximum Gasteiger partial charge on any atom is 0.249 e. The fourth-order valence-electron chi connectivity index (χ4n) is 5.93. The molecule has 0 aromatic heterocycles. The zero-order valence-corrected chi connectivity index (χ0v) is 29.6. The Morgan fingerprint density at radius 3 is 1.82 bits per heavy atom. The van der Waals surface area contributed by atoms with E-state index in [0.29, 0.717) is 24.9 Å². The number of hydrogen-bond acceptors (Lipinski definition) is 5. The van der Waals surface area contributed by atoms with Crippen molar-refractivity contribution in [1.82, 2.24) is 24.9 Å². The molecule has 0 aromatic carbocycles. The minimum Gasteiger partial charge on any atom is -0.350 e. The number of piperidine rings is 1. The summed E-state index contributed by atoms with van der Waals surface area (Å²) in [6.45, 7) is 21.5. The number of nitrogens with one attached hydrogen (secondary N) is 1. The number of rotatable bonds is 9. The van der Waals surface area contributed by atoms with Crippen molar-refractivity contribution in [3.8, 4) is 0 Å². The van der Waals surface area contributed by atoms with Gasteiger partial charge in [-0.15, -0.1) is 0 Å². The van der Waals surface area contributed by atoms with Gasteiger partial charge in [-0.2, -0.15) is 0 Å². The molecular weight excluding hydrogens is 554 g/mol. The molecular formula is C35H65N5O4. The highest BCUT2D eigenvalue weighted by atomic mass is 16.2. The summed E-state index contributed by atoms with van der Waals surface area (Å²) in [4.78, 5) is 57.0. The predicted molar refractivity (Wildman–Crippen MR) is 180 cm³/mol. The van der Waals surface area contributed by atoms with Gasteiger partial charge in [-0.1, -0.05) is 60.0 Å². The first-order valence-corrected chi connectivity index (χ1v) is 17.3. The normalized spacial score (nSPS) is 20.3. The van der Waals surface area contributed by atoms with E-state index in [0.717, 1.165) is 57.2 Å². The lowest BCUT2D eigenvalue weighted by Crippen LogP contribution is -2.48. The van der Waals surface area contributed by atoms with Gasteiger partial charge in [0.05, 0.1) is 12.6 Å². The van der Waals surface area contributed by atoms with Crippen molar-refractivity contribution < 1.29 is 19.2 Å². The Labute approximate surface area is 269 Å². The lowest BCUT2D eigenvalue weighted by Gasteiger charge is -2.31. The van der Waals surface area contributed by atoms with E-state index in [9.17, 15) is 19.2 Å². The van der Waals surface area contributed by atoms with Crippen LogP contribution < -0.4 is 5.32 Å². The van der Waals surface area contributed by atoms with Crippen LogP contribution in [0.3, 0.4) is 0 Å². The third-order valence-electron chi connectivity index (χ3n) is 8.46. The second-order valence-electron chi connectivity index (χ2n) is 13.9. The number of nitrogens with zero attached hydrogens (tertiary/aromatic N) is 4. The highest BCUT2D eigenvalue weighted by Gasteiger charge is 2.37. The first-order valence-electron chi connectivity index (χ1n) is 17.3. The molecule has 4 amide bonds. The van der Waals surface area contributed by atoms with Crippen molar-refractivity contribution in [3.63, 3.8) is 0 Å². The third-order valence-corrected chi connectivity index (χ3v) is 8.46. The fraction of sp³-hybridized carbons (Fsp3) is 0.829. The van der Waals surface area contributed by atoms with E-state index in [1.165, 1.54) is 32.4 Å². The molecule has 3 aliphatic heterocycles. The van der Waals surface area contributed by atoms with E-state index in [-0.39, 0.29) is 42.3 Å². The summed E-state index contributed by atoms with van der Waals surface area (Å²) in [6.07, 6.45) is 12.5. The molecule has 9 nitrogen and oxygen atoms in total. The van der Waals surface area contributed by atoms with Gasteiger partial charge >= 0.3 is 0 Å². The molecule has 0 bridgehead atoms. The van der Waals surface area contributed by atoms with E-state index in [2.05, 4.69) is 44.8 Å². The lowest BCUT2D eigenvalue weighted by atomic mass is 9.99. The van der Waals surface area contributed by atoms with E-state index < -0.39 is 0 Å². The minimum absolute atomic E-state index is 0.0770. The Morgan fingerprint density at radius 1 is 0.818 bits per heavy atom.